The molecule has 18 heteroatoms. The highest BCUT2D eigenvalue weighted by Crippen LogP contribution is 2.63. The first kappa shape index (κ1) is 24.3. The third kappa shape index (κ3) is 6.78. The standard InChI is InChI=1S/C11H19N2O13P3/c14-7-1-2-13(11(17)12-7)10-9(16)8(15)6(26-10)3-25-29(23,24)5-27(18,19)4-28(20,21)22/h1-2,6,8-10,15-16H,3-5H2,(H,18,19)(H,23,24)(H,12,14,17)(H2,20,21,22)/t6-,8-,9-,10-/m1/s1. The van der Waals surface area contributed by atoms with E-state index in [-0.39, 0.29) is 0 Å². The van der Waals surface area contributed by atoms with E-state index in [1.807, 2.05) is 4.98 Å². The Balaban J connectivity index is 2.06. The first-order valence-electron chi connectivity index (χ1n) is 7.75. The Kier molecular flexibility index (Phi) is 7.26. The molecule has 1 fully saturated rings. The van der Waals surface area contributed by atoms with Gasteiger partial charge in [0.15, 0.2) is 6.23 Å². The van der Waals surface area contributed by atoms with Gasteiger partial charge >= 0.3 is 20.9 Å². The van der Waals surface area contributed by atoms with E-state index in [9.17, 15) is 43.3 Å². The van der Waals surface area contributed by atoms with E-state index in [1.165, 1.54) is 0 Å². The fraction of sp³-hybridized carbons (Fsp3) is 0.636. The van der Waals surface area contributed by atoms with Crippen molar-refractivity contribution in [1.29, 1.82) is 0 Å². The van der Waals surface area contributed by atoms with Crippen molar-refractivity contribution < 1.29 is 52.7 Å². The molecule has 15 nitrogen and oxygen atoms in total. The summed E-state index contributed by atoms with van der Waals surface area (Å²) in [5, 5.41) is 20.0. The van der Waals surface area contributed by atoms with Crippen LogP contribution in [0.2, 0.25) is 0 Å². The van der Waals surface area contributed by atoms with Crippen molar-refractivity contribution >= 4 is 22.6 Å². The smallest absolute Gasteiger partial charge is 0.337 e. The monoisotopic (exact) mass is 480 g/mol. The van der Waals surface area contributed by atoms with E-state index in [2.05, 4.69) is 4.52 Å². The first-order valence-corrected chi connectivity index (χ1v) is 13.3. The van der Waals surface area contributed by atoms with Crippen LogP contribution in [0.4, 0.5) is 0 Å². The van der Waals surface area contributed by atoms with Crippen LogP contribution in [0.25, 0.3) is 0 Å². The molecule has 0 aromatic carbocycles. The predicted octanol–water partition coefficient (Wildman–Crippen LogP) is -2.28. The van der Waals surface area contributed by atoms with Gasteiger partial charge in [-0.25, -0.2) is 4.79 Å². The molecule has 0 radical (unpaired) electrons. The van der Waals surface area contributed by atoms with Crippen LogP contribution in [0.1, 0.15) is 6.23 Å². The second-order valence-corrected chi connectivity index (χ2v) is 13.1. The molecule has 2 rings (SSSR count). The summed E-state index contributed by atoms with van der Waals surface area (Å²) in [5.74, 6) is -2.98. The minimum absolute atomic E-state index is 0.718. The van der Waals surface area contributed by atoms with Crippen molar-refractivity contribution in [2.45, 2.75) is 24.5 Å². The summed E-state index contributed by atoms with van der Waals surface area (Å²) in [6.07, 6.45) is -5.32. The highest BCUT2D eigenvalue weighted by molar-refractivity contribution is 7.79. The maximum Gasteiger partial charge on any atom is 0.337 e. The van der Waals surface area contributed by atoms with Gasteiger partial charge in [0.25, 0.3) is 5.56 Å². The Bertz CT molecular complexity index is 998. The molecule has 1 saturated heterocycles. The molecule has 1 aliphatic heterocycles. The van der Waals surface area contributed by atoms with Crippen LogP contribution >= 0.6 is 22.6 Å². The fourth-order valence-electron chi connectivity index (χ4n) is 2.57. The lowest BCUT2D eigenvalue weighted by molar-refractivity contribution is -0.0524. The minimum atomic E-state index is -4.94. The first-order chi connectivity index (χ1) is 13.1. The molecular formula is C11H19N2O13P3. The predicted molar refractivity (Wildman–Crippen MR) is 94.6 cm³/mol. The lowest BCUT2D eigenvalue weighted by Crippen LogP contribution is -2.37. The summed E-state index contributed by atoms with van der Waals surface area (Å²) in [5.41, 5.74) is -1.68. The van der Waals surface area contributed by atoms with Gasteiger partial charge in [0, 0.05) is 12.3 Å². The molecule has 0 saturated carbocycles. The summed E-state index contributed by atoms with van der Waals surface area (Å²) < 4.78 is 45.1. The zero-order valence-corrected chi connectivity index (χ0v) is 17.1. The number of nitrogens with one attached hydrogen (secondary N) is 1. The molecule has 1 aliphatic rings. The highest BCUT2D eigenvalue weighted by atomic mass is 31.3. The van der Waals surface area contributed by atoms with E-state index in [0.717, 1.165) is 16.8 Å². The van der Waals surface area contributed by atoms with E-state index >= 15 is 0 Å². The summed E-state index contributed by atoms with van der Waals surface area (Å²) in [7, 11) is -14.5. The maximum absolute atomic E-state index is 12.0. The summed E-state index contributed by atoms with van der Waals surface area (Å²) >= 11 is 0. The average Bonchev–Trinajstić information content (AvgIpc) is 2.78. The SMILES string of the molecule is O=c1ccn([C@@H]2O[C@H](COP(=O)(O)CP(=O)(O)CP(=O)(O)O)[C@@H](O)[C@H]2O)c(=O)[nH]1. The summed E-state index contributed by atoms with van der Waals surface area (Å²) in [6.45, 7) is -0.865. The van der Waals surface area contributed by atoms with Crippen molar-refractivity contribution in [3.63, 3.8) is 0 Å². The Labute approximate surface area is 161 Å². The van der Waals surface area contributed by atoms with Gasteiger partial charge in [-0.1, -0.05) is 0 Å². The van der Waals surface area contributed by atoms with Crippen molar-refractivity contribution in [3.8, 4) is 0 Å². The largest absolute Gasteiger partial charge is 0.387 e. The second-order valence-electron chi connectivity index (χ2n) is 6.29. The van der Waals surface area contributed by atoms with Gasteiger partial charge in [0.2, 0.25) is 7.37 Å². The van der Waals surface area contributed by atoms with Crippen molar-refractivity contribution in [1.82, 2.24) is 9.55 Å². The zero-order valence-electron chi connectivity index (χ0n) is 14.4. The lowest BCUT2D eigenvalue weighted by atomic mass is 10.1. The molecule has 2 unspecified atom stereocenters. The zero-order chi connectivity index (χ0) is 22.2. The van der Waals surface area contributed by atoms with Crippen LogP contribution in [0.3, 0.4) is 0 Å². The van der Waals surface area contributed by atoms with Gasteiger partial charge in [-0.15, -0.1) is 0 Å². The molecule has 0 bridgehead atoms. The third-order valence-corrected chi connectivity index (χ3v) is 10.7. The minimum Gasteiger partial charge on any atom is -0.387 e. The number of aliphatic hydroxyl groups is 2. The van der Waals surface area contributed by atoms with Gasteiger partial charge in [-0.05, 0) is 0 Å². The van der Waals surface area contributed by atoms with E-state index in [4.69, 9.17) is 14.5 Å². The number of nitrogens with zero attached hydrogens (tertiary/aromatic N) is 1. The average molecular weight is 480 g/mol. The van der Waals surface area contributed by atoms with Crippen molar-refractivity contribution in [3.05, 3.63) is 33.1 Å². The van der Waals surface area contributed by atoms with Gasteiger partial charge in [-0.2, -0.15) is 0 Å². The van der Waals surface area contributed by atoms with Crippen molar-refractivity contribution in [2.75, 3.05) is 18.4 Å². The number of H-pyrrole nitrogens is 1. The van der Waals surface area contributed by atoms with Gasteiger partial charge in [0.05, 0.1) is 6.61 Å². The van der Waals surface area contributed by atoms with Gasteiger partial charge < -0.3 is 39.0 Å². The number of hydrogen-bond donors (Lipinski definition) is 7. The quantitative estimate of drug-likeness (QED) is 0.194. The molecule has 1 aromatic heterocycles. The molecule has 2 heterocycles. The Morgan fingerprint density at radius 1 is 1.07 bits per heavy atom. The Morgan fingerprint density at radius 2 is 1.69 bits per heavy atom. The second kappa shape index (κ2) is 8.66. The topological polar surface area (TPSA) is 246 Å². The van der Waals surface area contributed by atoms with E-state index in [1.54, 1.807) is 0 Å². The number of aromatic nitrogens is 2. The maximum atomic E-state index is 12.0. The summed E-state index contributed by atoms with van der Waals surface area (Å²) in [4.78, 5) is 61.4. The molecule has 1 aromatic rings. The van der Waals surface area contributed by atoms with Crippen LogP contribution in [-0.4, -0.2) is 76.1 Å². The molecule has 6 atom stereocenters. The molecule has 0 amide bonds. The van der Waals surface area contributed by atoms with Gasteiger partial charge in [-0.3, -0.25) is 28.0 Å². The summed E-state index contributed by atoms with van der Waals surface area (Å²) in [6, 6.07) is 0.954. The van der Waals surface area contributed by atoms with Crippen LogP contribution in [0.15, 0.2) is 21.9 Å². The van der Waals surface area contributed by atoms with Crippen LogP contribution < -0.4 is 11.2 Å². The number of hydrogen-bond acceptors (Lipinski definition) is 9. The van der Waals surface area contributed by atoms with E-state index in [0.29, 0.717) is 0 Å². The highest BCUT2D eigenvalue weighted by Gasteiger charge is 2.45. The third-order valence-electron chi connectivity index (χ3n) is 3.71. The lowest BCUT2D eigenvalue weighted by Gasteiger charge is -2.20. The Hall–Kier alpha value is -0.950. The fourth-order valence-corrected chi connectivity index (χ4v) is 8.97. The number of aliphatic hydroxyl groups excluding tert-OH is 2. The normalized spacial score (nSPS) is 29.3. The van der Waals surface area contributed by atoms with Gasteiger partial charge in [0.1, 0.15) is 30.1 Å². The number of ether oxygens (including phenoxy) is 1. The molecule has 7 N–H and O–H groups in total. The van der Waals surface area contributed by atoms with Crippen LogP contribution in [0.5, 0.6) is 0 Å². The Morgan fingerprint density at radius 3 is 2.24 bits per heavy atom. The van der Waals surface area contributed by atoms with Crippen LogP contribution in [0, 0.1) is 0 Å². The van der Waals surface area contributed by atoms with E-state index < -0.39 is 76.8 Å². The van der Waals surface area contributed by atoms with Crippen molar-refractivity contribution in [2.24, 2.45) is 0 Å². The molecule has 29 heavy (non-hydrogen) atoms. The molecular weight excluding hydrogens is 461 g/mol. The number of aromatic amines is 1. The number of rotatable bonds is 8. The van der Waals surface area contributed by atoms with Crippen LogP contribution in [-0.2, 0) is 23.0 Å². The molecule has 0 aliphatic carbocycles. The molecule has 0 spiro atoms. The molecule has 166 valence electrons.